The van der Waals surface area contributed by atoms with Crippen LogP contribution in [0.15, 0.2) is 11.6 Å². The van der Waals surface area contributed by atoms with Crippen molar-refractivity contribution in [2.45, 2.75) is 330 Å². The third-order valence-electron chi connectivity index (χ3n) is 27.5. The van der Waals surface area contributed by atoms with Gasteiger partial charge in [0.25, 0.3) is 0 Å². The van der Waals surface area contributed by atoms with Crippen molar-refractivity contribution in [1.29, 1.82) is 0 Å². The first-order chi connectivity index (χ1) is 57.5. The smallest absolute Gasteiger partial charge is 0.317 e. The van der Waals surface area contributed by atoms with Crippen molar-refractivity contribution in [1.82, 2.24) is 0 Å². The summed E-state index contributed by atoms with van der Waals surface area (Å²) in [5.74, 6) is -6.07. The molecule has 0 amide bonds. The number of aliphatic hydroxyl groups is 15. The molecule has 0 spiro atoms. The van der Waals surface area contributed by atoms with Crippen molar-refractivity contribution in [2.75, 3.05) is 52.6 Å². The molecule has 6 saturated heterocycles. The Morgan fingerprint density at radius 1 is 0.463 bits per heavy atom. The molecule has 5 aliphatic carbocycles. The molecule has 0 aromatic heterocycles. The second kappa shape index (κ2) is 39.7. The Kier molecular flexibility index (Phi) is 31.9. The van der Waals surface area contributed by atoms with E-state index in [4.69, 9.17) is 71.1 Å². The molecule has 123 heavy (non-hydrogen) atoms. The molecule has 37 unspecified atom stereocenters. The highest BCUT2D eigenvalue weighted by molar-refractivity contribution is 5.80. The molecule has 10 fully saturated rings. The quantitative estimate of drug-likeness (QED) is 0.00881. The average Bonchev–Trinajstić information content (AvgIpc) is 0.669. The molecule has 47 nitrogen and oxygen atoms in total. The summed E-state index contributed by atoms with van der Waals surface area (Å²) in [4.78, 5) is 103. The van der Waals surface area contributed by atoms with Crippen molar-refractivity contribution in [3.63, 3.8) is 0 Å². The van der Waals surface area contributed by atoms with Gasteiger partial charge in [0.15, 0.2) is 55.9 Å². The molecule has 0 bridgehead atoms. The number of esters is 5. The van der Waals surface area contributed by atoms with Crippen molar-refractivity contribution < 1.29 is 191 Å². The summed E-state index contributed by atoms with van der Waals surface area (Å²) >= 11 is 0. The number of nitro groups is 4. The monoisotopic (exact) mass is 1770 g/mol. The van der Waals surface area contributed by atoms with Gasteiger partial charge < -0.3 is 148 Å². The maximum Gasteiger partial charge on any atom is 0.317 e. The molecule has 0 aromatic rings. The van der Waals surface area contributed by atoms with Crippen LogP contribution in [0, 0.1) is 90.7 Å². The van der Waals surface area contributed by atoms with E-state index in [0.717, 1.165) is 24.8 Å². The van der Waals surface area contributed by atoms with Gasteiger partial charge in [-0.3, -0.25) is 64.4 Å². The molecule has 37 atom stereocenters. The summed E-state index contributed by atoms with van der Waals surface area (Å²) in [6, 6.07) is 0. The molecule has 4 saturated carbocycles. The Balaban J connectivity index is 0.000000334. The highest BCUT2D eigenvalue weighted by Crippen LogP contribution is 2.76. The lowest BCUT2D eigenvalue weighted by molar-refractivity contribution is -0.479. The van der Waals surface area contributed by atoms with Crippen LogP contribution in [-0.4, -0.2) is 363 Å². The van der Waals surface area contributed by atoms with Gasteiger partial charge in [0.2, 0.25) is 32.5 Å². The second-order valence-electron chi connectivity index (χ2n) is 36.1. The normalized spacial score (nSPS) is 44.3. The molecular formula is C76H118N4O43. The zero-order valence-electron chi connectivity index (χ0n) is 69.4. The van der Waals surface area contributed by atoms with Gasteiger partial charge in [0.1, 0.15) is 135 Å². The van der Waals surface area contributed by atoms with Crippen LogP contribution in [0.1, 0.15) is 146 Å². The van der Waals surface area contributed by atoms with Gasteiger partial charge >= 0.3 is 29.8 Å². The maximum absolute atomic E-state index is 15.4. The first-order valence-electron chi connectivity index (χ1n) is 41.2. The van der Waals surface area contributed by atoms with Gasteiger partial charge in [-0.25, -0.2) is 0 Å². The number of hydrogen-bond donors (Lipinski definition) is 15. The third-order valence-corrected chi connectivity index (χ3v) is 27.5. The lowest BCUT2D eigenvalue weighted by Crippen LogP contribution is -2.68. The van der Waals surface area contributed by atoms with Gasteiger partial charge in [0, 0.05) is 19.7 Å². The van der Waals surface area contributed by atoms with Gasteiger partial charge in [-0.05, 0) is 116 Å². The molecule has 11 aliphatic rings. The second-order valence-corrected chi connectivity index (χ2v) is 36.1. The summed E-state index contributed by atoms with van der Waals surface area (Å²) in [6.45, 7) is 12.7. The Hall–Kier alpha value is -6.31. The lowest BCUT2D eigenvalue weighted by Gasteiger charge is -2.71. The molecular weight excluding hydrogens is 1660 g/mol. The number of fused-ring (bicyclic) bond motifs is 7. The summed E-state index contributed by atoms with van der Waals surface area (Å²) in [5, 5.41) is 205. The van der Waals surface area contributed by atoms with Crippen molar-refractivity contribution in [3.8, 4) is 0 Å². The van der Waals surface area contributed by atoms with E-state index in [1.807, 2.05) is 0 Å². The van der Waals surface area contributed by atoms with Crippen LogP contribution in [0.4, 0.5) is 0 Å². The largest absolute Gasteiger partial charge is 0.463 e. The topological polar surface area (TPSA) is 700 Å². The van der Waals surface area contributed by atoms with Crippen LogP contribution in [0.25, 0.3) is 0 Å². The van der Waals surface area contributed by atoms with Crippen molar-refractivity contribution in [3.05, 3.63) is 52.1 Å². The first-order valence-corrected chi connectivity index (χ1v) is 41.2. The van der Waals surface area contributed by atoms with Crippen molar-refractivity contribution in [2.24, 2.45) is 50.2 Å². The van der Waals surface area contributed by atoms with E-state index in [9.17, 15) is 136 Å². The number of ether oxygens (including phenoxy) is 15. The van der Waals surface area contributed by atoms with E-state index >= 15 is 4.79 Å². The van der Waals surface area contributed by atoms with E-state index < -0.39 is 328 Å². The fraction of sp³-hybridized carbons (Fsp3) is 0.908. The summed E-state index contributed by atoms with van der Waals surface area (Å²) in [5.41, 5.74) is -2.28. The average molecular weight is 1780 g/mol. The van der Waals surface area contributed by atoms with Gasteiger partial charge in [-0.15, -0.1) is 0 Å². The predicted molar refractivity (Wildman–Crippen MR) is 399 cm³/mol. The van der Waals surface area contributed by atoms with E-state index in [1.165, 1.54) is 6.92 Å². The minimum atomic E-state index is -2.22. The number of aliphatic hydroxyl groups excluding tert-OH is 15. The standard InChI is InChI=1S/C58H94O25.C18H24N4O18/c1-23-44(80-47-40(69)34(63)27(60)21-74-47)38(67)42(71)48(76-23)79-33-13-14-55(7)30(54(33,5)6)12-15-56(8)31(55)11-10-25-26-18-53(3,4)16-17-58(26,32(62)19-57(25,56)9)52(73)83-51-46(35(64)28(61)22-75-51)82-49-43(72)39(68)45(24(2)77-49)81-50-41(70)37(66)36(65)29(20-59)78-50;23-11(1-5-19(28)29)36-9-10-15(38-12(24)2-6-20(30)31)16(39-13(25)3-7-21(32)33)17(18(27)37-10)40-14(26)4-8-22(34)35/h10,23-24,26-51,59-72H,11-22H2,1-9H3;10,15-18,27H,1-9H2. The summed E-state index contributed by atoms with van der Waals surface area (Å²) in [6.07, 6.45) is -42.4. The molecule has 11 rings (SSSR count). The zero-order valence-corrected chi connectivity index (χ0v) is 69.4. The zero-order chi connectivity index (χ0) is 91.0. The Morgan fingerprint density at radius 2 is 0.943 bits per heavy atom. The Morgan fingerprint density at radius 3 is 1.50 bits per heavy atom. The van der Waals surface area contributed by atoms with E-state index in [-0.39, 0.29) is 47.5 Å². The van der Waals surface area contributed by atoms with E-state index in [0.29, 0.717) is 25.7 Å². The summed E-state index contributed by atoms with van der Waals surface area (Å²) < 4.78 is 84.7. The Bertz CT molecular complexity index is 3750. The third kappa shape index (κ3) is 20.9. The molecule has 6 aliphatic heterocycles. The van der Waals surface area contributed by atoms with Crippen LogP contribution in [-0.2, 0) is 95.0 Å². The lowest BCUT2D eigenvalue weighted by atomic mass is 9.33. The number of hydrogen-bond acceptors (Lipinski definition) is 43. The van der Waals surface area contributed by atoms with Crippen LogP contribution in [0.5, 0.6) is 0 Å². The van der Waals surface area contributed by atoms with Crippen LogP contribution < -0.4 is 0 Å². The van der Waals surface area contributed by atoms with Gasteiger partial charge in [0.05, 0.1) is 44.2 Å². The minimum absolute atomic E-state index is 0.129. The molecule has 6 heterocycles. The highest BCUT2D eigenvalue weighted by atomic mass is 16.8. The Labute approximate surface area is 703 Å². The van der Waals surface area contributed by atoms with Crippen molar-refractivity contribution >= 4 is 29.8 Å². The van der Waals surface area contributed by atoms with E-state index in [1.54, 1.807) is 6.92 Å². The number of nitrogens with zero attached hydrogens (tertiary/aromatic N) is 4. The van der Waals surface area contributed by atoms with Crippen LogP contribution in [0.3, 0.4) is 0 Å². The number of carbonyl (C=O) groups is 5. The molecule has 700 valence electrons. The summed E-state index contributed by atoms with van der Waals surface area (Å²) in [7, 11) is 0. The first kappa shape index (κ1) is 98.9. The number of rotatable bonds is 28. The predicted octanol–water partition coefficient (Wildman–Crippen LogP) is -4.26. The van der Waals surface area contributed by atoms with Gasteiger partial charge in [-0.2, -0.15) is 0 Å². The molecule has 0 radical (unpaired) electrons. The number of allylic oxidation sites excluding steroid dienone is 2. The molecule has 0 aromatic carbocycles. The van der Waals surface area contributed by atoms with Crippen LogP contribution >= 0.6 is 0 Å². The fourth-order valence-electron chi connectivity index (χ4n) is 20.5. The molecule has 47 heteroatoms. The maximum atomic E-state index is 15.4. The van der Waals surface area contributed by atoms with Crippen LogP contribution in [0.2, 0.25) is 0 Å². The highest BCUT2D eigenvalue weighted by Gasteiger charge is 2.73. The fourth-order valence-corrected chi connectivity index (χ4v) is 20.5. The minimum Gasteiger partial charge on any atom is -0.463 e. The molecule has 15 N–H and O–H groups in total. The SMILES string of the molecule is CC1OC(OC2CCC3(C)C(CCC4(C)C3CC=C3C5CC(C)(C)CCC5(C(=O)OC5OCC(O)C(O)C5OC5OC(C)C(OC6OC(CO)C(O)C(O)C6O)C(O)C5O)C(O)CC34C)C2(C)C)C(O)C(O)C1OC1OCC(O)C(O)C1O.O=C(CC[N+](=O)[O-])OCC1OC(O)C(OC(=O)CC[N+](=O)[O-])C(OC(=O)CC[N+](=O)[O-])C1OC(=O)CC[N+](=O)[O-]. The number of carbonyl (C=O) groups excluding carboxylic acids is 5. The van der Waals surface area contributed by atoms with Gasteiger partial charge in [-0.1, -0.05) is 60.1 Å². The van der Waals surface area contributed by atoms with E-state index in [2.05, 4.69) is 54.5 Å².